The molecule has 7 heteroatoms. The molecule has 138 valence electrons. The number of hydrogen-bond donors (Lipinski definition) is 2. The lowest BCUT2D eigenvalue weighted by Crippen LogP contribution is -2.56. The summed E-state index contributed by atoms with van der Waals surface area (Å²) in [5.74, 6) is 0.974. The molecule has 1 atom stereocenters. The van der Waals surface area contributed by atoms with Crippen molar-refractivity contribution < 1.29 is 14.6 Å². The van der Waals surface area contributed by atoms with Crippen LogP contribution in [0.1, 0.15) is 17.9 Å². The number of nitrogens with one attached hydrogen (secondary N) is 1. The smallest absolute Gasteiger partial charge is 0.322 e. The summed E-state index contributed by atoms with van der Waals surface area (Å²) in [6.45, 7) is 1.05. The van der Waals surface area contributed by atoms with E-state index in [0.29, 0.717) is 24.7 Å². The molecule has 1 unspecified atom stereocenters. The number of nitrogens with zero attached hydrogens (tertiary/aromatic N) is 3. The summed E-state index contributed by atoms with van der Waals surface area (Å²) >= 11 is 0. The van der Waals surface area contributed by atoms with Crippen LogP contribution in [-0.2, 0) is 4.74 Å². The van der Waals surface area contributed by atoms with Crippen LogP contribution in [0.3, 0.4) is 0 Å². The minimum Gasteiger partial charge on any atom is -0.508 e. The molecule has 2 aromatic rings. The first-order valence-corrected chi connectivity index (χ1v) is 8.83. The van der Waals surface area contributed by atoms with Gasteiger partial charge in [-0.3, -0.25) is 4.98 Å². The Labute approximate surface area is 157 Å². The van der Waals surface area contributed by atoms with Gasteiger partial charge in [0.25, 0.3) is 0 Å². The summed E-state index contributed by atoms with van der Waals surface area (Å²) in [5, 5.41) is 12.4. The minimum atomic E-state index is -0.159. The van der Waals surface area contributed by atoms with Gasteiger partial charge in [0.1, 0.15) is 11.9 Å². The number of aromatic nitrogens is 1. The third-order valence-electron chi connectivity index (χ3n) is 4.56. The number of benzene rings is 1. The number of aliphatic imine (C=N–C) groups is 1. The lowest BCUT2D eigenvalue weighted by molar-refractivity contribution is 0.00242. The zero-order valence-electron chi connectivity index (χ0n) is 14.7. The second-order valence-corrected chi connectivity index (χ2v) is 6.57. The van der Waals surface area contributed by atoms with Crippen molar-refractivity contribution in [3.05, 3.63) is 66.3 Å². The number of allylic oxidation sites excluding steroid dienone is 1. The first kappa shape index (κ1) is 17.1. The number of anilines is 1. The van der Waals surface area contributed by atoms with Crippen molar-refractivity contribution in [3.63, 3.8) is 0 Å². The predicted octanol–water partition coefficient (Wildman–Crippen LogP) is 3.12. The second kappa shape index (κ2) is 7.49. The molecule has 0 aliphatic carbocycles. The van der Waals surface area contributed by atoms with Crippen LogP contribution in [0, 0.1) is 0 Å². The van der Waals surface area contributed by atoms with Crippen LogP contribution in [-0.4, -0.2) is 46.4 Å². The van der Waals surface area contributed by atoms with Crippen molar-refractivity contribution in [2.75, 3.05) is 18.4 Å². The Morgan fingerprint density at radius 3 is 2.85 bits per heavy atom. The van der Waals surface area contributed by atoms with Gasteiger partial charge >= 0.3 is 6.03 Å². The number of rotatable bonds is 4. The van der Waals surface area contributed by atoms with E-state index < -0.39 is 0 Å². The molecular formula is C20H20N4O3. The van der Waals surface area contributed by atoms with Crippen LogP contribution < -0.4 is 5.32 Å². The van der Waals surface area contributed by atoms with Gasteiger partial charge < -0.3 is 20.1 Å². The molecule has 2 aliphatic heterocycles. The molecule has 1 aromatic heterocycles. The normalized spacial score (nSPS) is 19.2. The molecule has 1 fully saturated rings. The van der Waals surface area contributed by atoms with Gasteiger partial charge in [-0.2, -0.15) is 0 Å². The highest BCUT2D eigenvalue weighted by molar-refractivity contribution is 5.89. The fourth-order valence-electron chi connectivity index (χ4n) is 3.05. The summed E-state index contributed by atoms with van der Waals surface area (Å²) in [4.78, 5) is 22.2. The quantitative estimate of drug-likeness (QED) is 0.873. The Hall–Kier alpha value is -3.35. The fraction of sp³-hybridized carbons (Fsp3) is 0.250. The SMILES string of the molecule is O=C(Nc1cccnc1)N1CC(OC2=CCC(c3cccc(O)c3)C=N2)C1. The molecule has 0 saturated carbocycles. The van der Waals surface area contributed by atoms with Crippen molar-refractivity contribution in [1.82, 2.24) is 9.88 Å². The number of pyridine rings is 1. The number of phenols is 1. The maximum Gasteiger partial charge on any atom is 0.322 e. The van der Waals surface area contributed by atoms with Gasteiger partial charge in [0.15, 0.2) is 0 Å². The molecule has 27 heavy (non-hydrogen) atoms. The maximum absolute atomic E-state index is 12.1. The Balaban J connectivity index is 1.24. The van der Waals surface area contributed by atoms with E-state index in [1.54, 1.807) is 41.6 Å². The molecule has 0 radical (unpaired) electrons. The van der Waals surface area contributed by atoms with Gasteiger partial charge in [-0.1, -0.05) is 12.1 Å². The van der Waals surface area contributed by atoms with Gasteiger partial charge in [0, 0.05) is 18.3 Å². The van der Waals surface area contributed by atoms with Crippen molar-refractivity contribution in [2.24, 2.45) is 4.99 Å². The average molecular weight is 364 g/mol. The van der Waals surface area contributed by atoms with Gasteiger partial charge in [-0.05, 0) is 42.3 Å². The van der Waals surface area contributed by atoms with E-state index in [4.69, 9.17) is 4.74 Å². The van der Waals surface area contributed by atoms with E-state index >= 15 is 0 Å². The van der Waals surface area contributed by atoms with Crippen LogP contribution >= 0.6 is 0 Å². The fourth-order valence-corrected chi connectivity index (χ4v) is 3.05. The monoisotopic (exact) mass is 364 g/mol. The number of phenolic OH excluding ortho intramolecular Hbond substituents is 1. The van der Waals surface area contributed by atoms with Crippen LogP contribution in [0.2, 0.25) is 0 Å². The number of carbonyl (C=O) groups is 1. The number of amides is 2. The maximum atomic E-state index is 12.1. The molecule has 2 amide bonds. The van der Waals surface area contributed by atoms with E-state index in [1.165, 1.54) is 0 Å². The van der Waals surface area contributed by atoms with E-state index in [9.17, 15) is 9.90 Å². The summed E-state index contributed by atoms with van der Waals surface area (Å²) in [6, 6.07) is 10.6. The van der Waals surface area contributed by atoms with Crippen LogP contribution in [0.25, 0.3) is 0 Å². The van der Waals surface area contributed by atoms with Crippen molar-refractivity contribution in [3.8, 4) is 5.75 Å². The minimum absolute atomic E-state index is 0.0506. The van der Waals surface area contributed by atoms with E-state index in [2.05, 4.69) is 15.3 Å². The van der Waals surface area contributed by atoms with E-state index in [1.807, 2.05) is 24.4 Å². The van der Waals surface area contributed by atoms with Gasteiger partial charge in [-0.15, -0.1) is 0 Å². The summed E-state index contributed by atoms with van der Waals surface area (Å²) < 4.78 is 5.85. The molecule has 7 nitrogen and oxygen atoms in total. The highest BCUT2D eigenvalue weighted by atomic mass is 16.5. The van der Waals surface area contributed by atoms with Gasteiger partial charge in [0.2, 0.25) is 5.88 Å². The Bertz CT molecular complexity index is 876. The summed E-state index contributed by atoms with van der Waals surface area (Å²) in [7, 11) is 0. The van der Waals surface area contributed by atoms with Crippen molar-refractivity contribution in [1.29, 1.82) is 0 Å². The lowest BCUT2D eigenvalue weighted by atomic mass is 9.95. The number of likely N-dealkylation sites (tertiary alicyclic amines) is 1. The molecule has 2 aliphatic rings. The molecular weight excluding hydrogens is 344 g/mol. The zero-order chi connectivity index (χ0) is 18.6. The predicted molar refractivity (Wildman–Crippen MR) is 102 cm³/mol. The zero-order valence-corrected chi connectivity index (χ0v) is 14.7. The number of urea groups is 1. The first-order chi connectivity index (χ1) is 13.2. The molecule has 2 N–H and O–H groups in total. The van der Waals surface area contributed by atoms with Gasteiger partial charge in [-0.25, -0.2) is 9.79 Å². The molecule has 1 saturated heterocycles. The number of carbonyl (C=O) groups excluding carboxylic acids is 1. The molecule has 3 heterocycles. The third-order valence-corrected chi connectivity index (χ3v) is 4.56. The average Bonchev–Trinajstić information content (AvgIpc) is 2.65. The van der Waals surface area contributed by atoms with Crippen molar-refractivity contribution in [2.45, 2.75) is 18.4 Å². The van der Waals surface area contributed by atoms with Crippen molar-refractivity contribution >= 4 is 17.9 Å². The van der Waals surface area contributed by atoms with Gasteiger partial charge in [0.05, 0.1) is 25.0 Å². The third kappa shape index (κ3) is 4.08. The molecule has 4 rings (SSSR count). The largest absolute Gasteiger partial charge is 0.508 e. The highest BCUT2D eigenvalue weighted by Gasteiger charge is 2.33. The molecule has 1 aromatic carbocycles. The summed E-state index contributed by atoms with van der Waals surface area (Å²) in [5.41, 5.74) is 1.69. The van der Waals surface area contributed by atoms with E-state index in [-0.39, 0.29) is 23.8 Å². The van der Waals surface area contributed by atoms with Crippen LogP contribution in [0.5, 0.6) is 5.75 Å². The number of ether oxygens (including phenoxy) is 1. The van der Waals surface area contributed by atoms with Crippen LogP contribution in [0.15, 0.2) is 65.7 Å². The second-order valence-electron chi connectivity index (χ2n) is 6.57. The molecule has 0 spiro atoms. The first-order valence-electron chi connectivity index (χ1n) is 8.83. The molecule has 0 bridgehead atoms. The Kier molecular flexibility index (Phi) is 4.74. The standard InChI is InChI=1S/C20H20N4O3/c25-17-5-1-3-14(9-17)15-6-7-19(22-10-15)27-18-12-24(13-18)20(26)23-16-4-2-8-21-11-16/h1-5,7-11,15,18,25H,6,12-13H2,(H,23,26). The number of aromatic hydroxyl groups is 1. The Morgan fingerprint density at radius 2 is 2.15 bits per heavy atom. The van der Waals surface area contributed by atoms with Crippen LogP contribution in [0.4, 0.5) is 10.5 Å². The Morgan fingerprint density at radius 1 is 1.26 bits per heavy atom. The topological polar surface area (TPSA) is 87.1 Å². The van der Waals surface area contributed by atoms with E-state index in [0.717, 1.165) is 12.0 Å². The highest BCUT2D eigenvalue weighted by Crippen LogP contribution is 2.27. The lowest BCUT2D eigenvalue weighted by Gasteiger charge is -2.38. The number of hydrogen-bond acceptors (Lipinski definition) is 5. The summed E-state index contributed by atoms with van der Waals surface area (Å²) in [6.07, 6.45) is 7.77.